The van der Waals surface area contributed by atoms with Crippen LogP contribution in [0.25, 0.3) is 0 Å². The van der Waals surface area contributed by atoms with Crippen LogP contribution in [0.15, 0.2) is 28.7 Å². The number of hydrogen-bond acceptors (Lipinski definition) is 2. The van der Waals surface area contributed by atoms with Gasteiger partial charge in [0.15, 0.2) is 0 Å². The number of anilines is 1. The Kier molecular flexibility index (Phi) is 4.86. The molecule has 3 heteroatoms. The Labute approximate surface area is 87.9 Å². The summed E-state index contributed by atoms with van der Waals surface area (Å²) < 4.78 is 1.12. The lowest BCUT2D eigenvalue weighted by atomic mass is 10.3. The molecule has 72 valence electrons. The van der Waals surface area contributed by atoms with Crippen LogP contribution >= 0.6 is 15.9 Å². The van der Waals surface area contributed by atoms with E-state index in [1.807, 2.05) is 19.2 Å². The lowest BCUT2D eigenvalue weighted by Gasteiger charge is -2.05. The predicted molar refractivity (Wildman–Crippen MR) is 61.2 cm³/mol. The average molecular weight is 243 g/mol. The summed E-state index contributed by atoms with van der Waals surface area (Å²) in [6, 6.07) is 8.23. The van der Waals surface area contributed by atoms with Gasteiger partial charge in [0.05, 0.1) is 0 Å². The Morgan fingerprint density at radius 2 is 1.85 bits per heavy atom. The van der Waals surface area contributed by atoms with Gasteiger partial charge < -0.3 is 10.6 Å². The quantitative estimate of drug-likeness (QED) is 0.776. The first kappa shape index (κ1) is 10.5. The molecule has 2 nitrogen and oxygen atoms in total. The Morgan fingerprint density at radius 3 is 2.46 bits per heavy atom. The van der Waals surface area contributed by atoms with Crippen LogP contribution in [-0.4, -0.2) is 20.1 Å². The van der Waals surface area contributed by atoms with E-state index >= 15 is 0 Å². The van der Waals surface area contributed by atoms with E-state index < -0.39 is 0 Å². The van der Waals surface area contributed by atoms with Crippen LogP contribution in [0.5, 0.6) is 0 Å². The van der Waals surface area contributed by atoms with E-state index in [0.717, 1.165) is 24.0 Å². The number of nitrogens with one attached hydrogen (secondary N) is 2. The van der Waals surface area contributed by atoms with Gasteiger partial charge in [-0.05, 0) is 44.3 Å². The molecule has 1 aromatic carbocycles. The van der Waals surface area contributed by atoms with Crippen LogP contribution < -0.4 is 10.6 Å². The molecular formula is C10H15BrN2. The van der Waals surface area contributed by atoms with Gasteiger partial charge in [-0.25, -0.2) is 0 Å². The summed E-state index contributed by atoms with van der Waals surface area (Å²) >= 11 is 3.40. The molecular weight excluding hydrogens is 228 g/mol. The molecule has 0 aliphatic rings. The molecule has 0 heterocycles. The molecule has 1 rings (SSSR count). The van der Waals surface area contributed by atoms with E-state index in [0.29, 0.717) is 0 Å². The van der Waals surface area contributed by atoms with Crippen molar-refractivity contribution in [3.05, 3.63) is 28.7 Å². The molecule has 0 fully saturated rings. The first-order chi connectivity index (χ1) is 6.33. The van der Waals surface area contributed by atoms with E-state index in [2.05, 4.69) is 38.7 Å². The van der Waals surface area contributed by atoms with Crippen molar-refractivity contribution in [1.82, 2.24) is 5.32 Å². The smallest absolute Gasteiger partial charge is 0.0340 e. The third kappa shape index (κ3) is 4.29. The number of benzene rings is 1. The third-order valence-electron chi connectivity index (χ3n) is 1.78. The summed E-state index contributed by atoms with van der Waals surface area (Å²) in [6.45, 7) is 2.08. The van der Waals surface area contributed by atoms with Crippen LogP contribution in [-0.2, 0) is 0 Å². The van der Waals surface area contributed by atoms with Gasteiger partial charge >= 0.3 is 0 Å². The van der Waals surface area contributed by atoms with Gasteiger partial charge in [-0.3, -0.25) is 0 Å². The second kappa shape index (κ2) is 6.00. The Morgan fingerprint density at radius 1 is 1.15 bits per heavy atom. The molecule has 0 aliphatic heterocycles. The fourth-order valence-electron chi connectivity index (χ4n) is 1.07. The monoisotopic (exact) mass is 242 g/mol. The lowest BCUT2D eigenvalue weighted by Crippen LogP contribution is -2.12. The maximum atomic E-state index is 3.40. The Hall–Kier alpha value is -0.540. The first-order valence-corrected chi connectivity index (χ1v) is 5.26. The zero-order chi connectivity index (χ0) is 9.52. The van der Waals surface area contributed by atoms with Crippen LogP contribution in [0.1, 0.15) is 6.42 Å². The van der Waals surface area contributed by atoms with Gasteiger partial charge in [-0.1, -0.05) is 15.9 Å². The summed E-state index contributed by atoms with van der Waals surface area (Å²) in [5, 5.41) is 6.46. The van der Waals surface area contributed by atoms with E-state index in [1.165, 1.54) is 5.69 Å². The molecule has 0 atom stereocenters. The average Bonchev–Trinajstić information content (AvgIpc) is 2.15. The van der Waals surface area contributed by atoms with Gasteiger partial charge in [0.2, 0.25) is 0 Å². The van der Waals surface area contributed by atoms with Crippen molar-refractivity contribution < 1.29 is 0 Å². The van der Waals surface area contributed by atoms with Crippen molar-refractivity contribution in [3.63, 3.8) is 0 Å². The molecule has 0 amide bonds. The van der Waals surface area contributed by atoms with Crippen molar-refractivity contribution in [3.8, 4) is 0 Å². The topological polar surface area (TPSA) is 24.1 Å². The van der Waals surface area contributed by atoms with E-state index in [1.54, 1.807) is 0 Å². The zero-order valence-corrected chi connectivity index (χ0v) is 9.39. The summed E-state index contributed by atoms with van der Waals surface area (Å²) in [5.41, 5.74) is 1.18. The minimum Gasteiger partial charge on any atom is -0.385 e. The fraction of sp³-hybridized carbons (Fsp3) is 0.400. The molecule has 0 saturated heterocycles. The van der Waals surface area contributed by atoms with Gasteiger partial charge in [0.25, 0.3) is 0 Å². The lowest BCUT2D eigenvalue weighted by molar-refractivity contribution is 0.748. The van der Waals surface area contributed by atoms with Gasteiger partial charge in [-0.15, -0.1) is 0 Å². The van der Waals surface area contributed by atoms with Crippen molar-refractivity contribution in [2.24, 2.45) is 0 Å². The van der Waals surface area contributed by atoms with Crippen molar-refractivity contribution in [2.75, 3.05) is 25.5 Å². The van der Waals surface area contributed by atoms with Crippen LogP contribution in [0.4, 0.5) is 5.69 Å². The number of rotatable bonds is 5. The highest BCUT2D eigenvalue weighted by Crippen LogP contribution is 2.13. The number of hydrogen-bond donors (Lipinski definition) is 2. The summed E-state index contributed by atoms with van der Waals surface area (Å²) in [7, 11) is 1.97. The highest BCUT2D eigenvalue weighted by Gasteiger charge is 1.90. The molecule has 0 aromatic heterocycles. The molecule has 0 saturated carbocycles. The second-order valence-electron chi connectivity index (χ2n) is 2.89. The molecule has 0 unspecified atom stereocenters. The minimum absolute atomic E-state index is 1.02. The van der Waals surface area contributed by atoms with Crippen LogP contribution in [0.2, 0.25) is 0 Å². The summed E-state index contributed by atoms with van der Waals surface area (Å²) in [5.74, 6) is 0. The van der Waals surface area contributed by atoms with Crippen molar-refractivity contribution in [1.29, 1.82) is 0 Å². The van der Waals surface area contributed by atoms with Gasteiger partial charge in [-0.2, -0.15) is 0 Å². The van der Waals surface area contributed by atoms with Gasteiger partial charge in [0.1, 0.15) is 0 Å². The highest BCUT2D eigenvalue weighted by molar-refractivity contribution is 9.10. The van der Waals surface area contributed by atoms with Crippen LogP contribution in [0.3, 0.4) is 0 Å². The third-order valence-corrected chi connectivity index (χ3v) is 2.31. The maximum absolute atomic E-state index is 3.40. The molecule has 0 radical (unpaired) electrons. The number of halogens is 1. The predicted octanol–water partition coefficient (Wildman–Crippen LogP) is 2.47. The minimum atomic E-state index is 1.02. The summed E-state index contributed by atoms with van der Waals surface area (Å²) in [4.78, 5) is 0. The molecule has 13 heavy (non-hydrogen) atoms. The largest absolute Gasteiger partial charge is 0.385 e. The van der Waals surface area contributed by atoms with Crippen LogP contribution in [0, 0.1) is 0 Å². The molecule has 0 spiro atoms. The molecule has 1 aromatic rings. The Balaban J connectivity index is 2.25. The standard InChI is InChI=1S/C10H15BrN2/c1-12-7-2-8-13-10-5-3-9(11)4-6-10/h3-6,12-13H,2,7-8H2,1H3. The zero-order valence-electron chi connectivity index (χ0n) is 7.81. The van der Waals surface area contributed by atoms with E-state index in [4.69, 9.17) is 0 Å². The molecule has 0 aliphatic carbocycles. The Bertz CT molecular complexity index is 233. The van der Waals surface area contributed by atoms with E-state index in [9.17, 15) is 0 Å². The van der Waals surface area contributed by atoms with Gasteiger partial charge in [0, 0.05) is 16.7 Å². The second-order valence-corrected chi connectivity index (χ2v) is 3.81. The highest BCUT2D eigenvalue weighted by atomic mass is 79.9. The fourth-order valence-corrected chi connectivity index (χ4v) is 1.33. The van der Waals surface area contributed by atoms with Crippen molar-refractivity contribution in [2.45, 2.75) is 6.42 Å². The SMILES string of the molecule is CNCCCNc1ccc(Br)cc1. The first-order valence-electron chi connectivity index (χ1n) is 4.47. The normalized spacial score (nSPS) is 10.0. The van der Waals surface area contributed by atoms with Crippen molar-refractivity contribution >= 4 is 21.6 Å². The molecule has 0 bridgehead atoms. The summed E-state index contributed by atoms with van der Waals surface area (Å²) in [6.07, 6.45) is 1.15. The van der Waals surface area contributed by atoms with E-state index in [-0.39, 0.29) is 0 Å². The molecule has 2 N–H and O–H groups in total. The maximum Gasteiger partial charge on any atom is 0.0340 e.